The van der Waals surface area contributed by atoms with Crippen molar-refractivity contribution in [1.82, 2.24) is 5.32 Å². The Hall–Kier alpha value is -3.15. The van der Waals surface area contributed by atoms with Crippen LogP contribution in [0.4, 0.5) is 5.69 Å². The number of carboxylic acid groups (broad SMARTS) is 2. The number of anilines is 1. The van der Waals surface area contributed by atoms with Crippen LogP contribution in [-0.4, -0.2) is 53.7 Å². The molecule has 2 fully saturated rings. The lowest BCUT2D eigenvalue weighted by Crippen LogP contribution is -2.57. The lowest BCUT2D eigenvalue weighted by atomic mass is 9.77. The Bertz CT molecular complexity index is 1300. The molecule has 2 aromatic rings. The molecule has 0 radical (unpaired) electrons. The van der Waals surface area contributed by atoms with Gasteiger partial charge in [0.1, 0.15) is 5.54 Å². The summed E-state index contributed by atoms with van der Waals surface area (Å²) in [4.78, 5) is 52.7. The SMILES string of the molecule is COc1cc(C2NC(CC(=O)O)(C(=O)O)C3C(=O)N(c4ccc(C)c(Cl)c4)C(=O)C23)cc(Br)c1OC. The number of imide groups is 1. The lowest BCUT2D eigenvalue weighted by molar-refractivity contribution is -0.154. The van der Waals surface area contributed by atoms with Crippen molar-refractivity contribution in [3.8, 4) is 11.5 Å². The minimum atomic E-state index is -2.24. The topological polar surface area (TPSA) is 142 Å². The second-order valence-corrected chi connectivity index (χ2v) is 9.92. The Kier molecular flexibility index (Phi) is 6.76. The third kappa shape index (κ3) is 3.91. The molecular weight excluding hydrogens is 560 g/mol. The first-order valence-corrected chi connectivity index (χ1v) is 11.9. The van der Waals surface area contributed by atoms with Crippen molar-refractivity contribution in [1.29, 1.82) is 0 Å². The van der Waals surface area contributed by atoms with Crippen LogP contribution in [0, 0.1) is 18.8 Å². The van der Waals surface area contributed by atoms with Crippen LogP contribution in [0.3, 0.4) is 0 Å². The number of carbonyl (C=O) groups excluding carboxylic acids is 2. The van der Waals surface area contributed by atoms with Crippen LogP contribution in [0.2, 0.25) is 5.02 Å². The predicted molar refractivity (Wildman–Crippen MR) is 131 cm³/mol. The number of nitrogens with zero attached hydrogens (tertiary/aromatic N) is 1. The summed E-state index contributed by atoms with van der Waals surface area (Å²) in [7, 11) is 2.86. The highest BCUT2D eigenvalue weighted by Gasteiger charge is 2.69. The van der Waals surface area contributed by atoms with E-state index < -0.39 is 53.6 Å². The van der Waals surface area contributed by atoms with Crippen LogP contribution in [-0.2, 0) is 19.2 Å². The molecule has 0 saturated carbocycles. The molecule has 2 aliphatic rings. The van der Waals surface area contributed by atoms with Crippen molar-refractivity contribution in [3.05, 3.63) is 51.0 Å². The van der Waals surface area contributed by atoms with E-state index in [9.17, 15) is 29.4 Å². The zero-order chi connectivity index (χ0) is 26.5. The van der Waals surface area contributed by atoms with E-state index in [1.807, 2.05) is 0 Å². The van der Waals surface area contributed by atoms with E-state index in [0.29, 0.717) is 26.6 Å². The molecule has 10 nitrogen and oxygen atoms in total. The maximum absolute atomic E-state index is 13.8. The standard InChI is InChI=1S/C24H22BrClN2O8/c1-10-4-5-12(8-14(10)26)28-21(31)17-18(22(28)32)24(23(33)34,9-16(29)30)27-19(17)11-6-13(25)20(36-3)15(7-11)35-2/h4-8,17-19,27H,9H2,1-3H3,(H,29,30)(H,33,34). The van der Waals surface area contributed by atoms with Gasteiger partial charge in [-0.2, -0.15) is 0 Å². The van der Waals surface area contributed by atoms with E-state index in [1.165, 1.54) is 26.4 Å². The molecule has 36 heavy (non-hydrogen) atoms. The van der Waals surface area contributed by atoms with E-state index in [0.717, 1.165) is 10.5 Å². The molecule has 2 aromatic carbocycles. The van der Waals surface area contributed by atoms with Gasteiger partial charge in [0.25, 0.3) is 0 Å². The summed E-state index contributed by atoms with van der Waals surface area (Å²) < 4.78 is 11.2. The van der Waals surface area contributed by atoms with E-state index >= 15 is 0 Å². The number of rotatable bonds is 7. The number of benzene rings is 2. The third-order valence-corrected chi connectivity index (χ3v) is 7.69. The van der Waals surface area contributed by atoms with Crippen molar-refractivity contribution in [3.63, 3.8) is 0 Å². The summed E-state index contributed by atoms with van der Waals surface area (Å²) in [6, 6.07) is 6.76. The van der Waals surface area contributed by atoms with E-state index in [1.54, 1.807) is 25.1 Å². The van der Waals surface area contributed by atoms with Gasteiger partial charge in [-0.15, -0.1) is 0 Å². The molecule has 0 aliphatic carbocycles. The van der Waals surface area contributed by atoms with Gasteiger partial charge in [-0.1, -0.05) is 17.7 Å². The number of hydrogen-bond donors (Lipinski definition) is 3. The van der Waals surface area contributed by atoms with Crippen LogP contribution in [0.5, 0.6) is 11.5 Å². The first-order chi connectivity index (χ1) is 17.0. The second kappa shape index (κ2) is 9.38. The zero-order valence-electron chi connectivity index (χ0n) is 19.4. The minimum Gasteiger partial charge on any atom is -0.493 e. The number of carbonyl (C=O) groups is 4. The Morgan fingerprint density at radius 1 is 1.14 bits per heavy atom. The van der Waals surface area contributed by atoms with E-state index in [2.05, 4.69) is 21.2 Å². The average molecular weight is 582 g/mol. The number of halogens is 2. The van der Waals surface area contributed by atoms with Crippen LogP contribution in [0.1, 0.15) is 23.6 Å². The maximum Gasteiger partial charge on any atom is 0.325 e. The smallest absolute Gasteiger partial charge is 0.325 e. The second-order valence-electron chi connectivity index (χ2n) is 8.66. The highest BCUT2D eigenvalue weighted by Crippen LogP contribution is 2.52. The van der Waals surface area contributed by atoms with Gasteiger partial charge in [-0.05, 0) is 58.2 Å². The summed E-state index contributed by atoms with van der Waals surface area (Å²) in [5.74, 6) is -6.50. The van der Waals surface area contributed by atoms with Crippen molar-refractivity contribution in [2.45, 2.75) is 24.9 Å². The number of carboxylic acids is 2. The van der Waals surface area contributed by atoms with Gasteiger partial charge < -0.3 is 19.7 Å². The van der Waals surface area contributed by atoms with Gasteiger partial charge in [0, 0.05) is 11.1 Å². The Morgan fingerprint density at radius 3 is 2.39 bits per heavy atom. The molecule has 12 heteroatoms. The fourth-order valence-electron chi connectivity index (χ4n) is 5.06. The molecule has 2 aliphatic heterocycles. The van der Waals surface area contributed by atoms with Crippen molar-refractivity contribution in [2.75, 3.05) is 19.1 Å². The number of nitrogens with one attached hydrogen (secondary N) is 1. The fraction of sp³-hybridized carbons (Fsp3) is 0.333. The van der Waals surface area contributed by atoms with Crippen LogP contribution in [0.15, 0.2) is 34.8 Å². The summed E-state index contributed by atoms with van der Waals surface area (Å²) >= 11 is 9.61. The first-order valence-electron chi connectivity index (χ1n) is 10.7. The summed E-state index contributed by atoms with van der Waals surface area (Å²) in [6.45, 7) is 1.76. The highest BCUT2D eigenvalue weighted by atomic mass is 79.9. The number of aliphatic carboxylic acids is 2. The Labute approximate surface area is 219 Å². The normalized spacial score (nSPS) is 25.1. The average Bonchev–Trinajstić information content (AvgIpc) is 3.29. The van der Waals surface area contributed by atoms with Crippen molar-refractivity contribution in [2.24, 2.45) is 11.8 Å². The summed E-state index contributed by atoms with van der Waals surface area (Å²) in [5.41, 5.74) is -0.929. The molecule has 2 amide bonds. The van der Waals surface area contributed by atoms with E-state index in [4.69, 9.17) is 21.1 Å². The van der Waals surface area contributed by atoms with Gasteiger partial charge in [0.05, 0.1) is 42.6 Å². The van der Waals surface area contributed by atoms with Crippen LogP contribution < -0.4 is 19.7 Å². The molecule has 3 N–H and O–H groups in total. The molecule has 0 aromatic heterocycles. The molecule has 0 bridgehead atoms. The molecule has 4 rings (SSSR count). The number of hydrogen-bond acceptors (Lipinski definition) is 7. The van der Waals surface area contributed by atoms with E-state index in [-0.39, 0.29) is 5.69 Å². The molecule has 0 spiro atoms. The quantitative estimate of drug-likeness (QED) is 0.420. The number of fused-ring (bicyclic) bond motifs is 1. The monoisotopic (exact) mass is 580 g/mol. The summed E-state index contributed by atoms with van der Waals surface area (Å²) in [6.07, 6.45) is -0.921. The maximum atomic E-state index is 13.8. The molecule has 2 heterocycles. The molecule has 4 unspecified atom stereocenters. The molecule has 4 atom stereocenters. The Morgan fingerprint density at radius 2 is 1.83 bits per heavy atom. The summed E-state index contributed by atoms with van der Waals surface area (Å²) in [5, 5.41) is 23.0. The van der Waals surface area contributed by atoms with Gasteiger partial charge in [-0.25, -0.2) is 4.90 Å². The molecule has 2 saturated heterocycles. The third-order valence-electron chi connectivity index (χ3n) is 6.69. The minimum absolute atomic E-state index is 0.178. The molecule has 190 valence electrons. The number of methoxy groups -OCH3 is 2. The number of aryl methyl sites for hydroxylation is 1. The van der Waals surface area contributed by atoms with Crippen molar-refractivity contribution < 1.29 is 38.9 Å². The van der Waals surface area contributed by atoms with Crippen LogP contribution in [0.25, 0.3) is 0 Å². The molecular formula is C24H22BrClN2O8. The zero-order valence-corrected chi connectivity index (χ0v) is 21.7. The Balaban J connectivity index is 1.91. The van der Waals surface area contributed by atoms with Gasteiger partial charge in [-0.3, -0.25) is 24.5 Å². The lowest BCUT2D eigenvalue weighted by Gasteiger charge is -2.30. The van der Waals surface area contributed by atoms with Crippen molar-refractivity contribution >= 4 is 57.0 Å². The number of ether oxygens (including phenoxy) is 2. The van der Waals surface area contributed by atoms with Crippen LogP contribution >= 0.6 is 27.5 Å². The van der Waals surface area contributed by atoms with Gasteiger partial charge in [0.2, 0.25) is 11.8 Å². The van der Waals surface area contributed by atoms with Gasteiger partial charge >= 0.3 is 11.9 Å². The number of amides is 2. The first kappa shape index (κ1) is 25.9. The predicted octanol–water partition coefficient (Wildman–Crippen LogP) is 3.18. The van der Waals surface area contributed by atoms with Gasteiger partial charge in [0.15, 0.2) is 11.5 Å². The highest BCUT2D eigenvalue weighted by molar-refractivity contribution is 9.10. The fourth-order valence-corrected chi connectivity index (χ4v) is 5.85. The largest absolute Gasteiger partial charge is 0.493 e.